The second-order valence-electron chi connectivity index (χ2n) is 3.87. The fourth-order valence-corrected chi connectivity index (χ4v) is 2.03. The van der Waals surface area contributed by atoms with Crippen LogP contribution in [0.1, 0.15) is 10.4 Å². The van der Waals surface area contributed by atoms with E-state index in [0.717, 1.165) is 18.2 Å². The maximum Gasteiger partial charge on any atom is 0.258 e. The number of rotatable bonds is 3. The van der Waals surface area contributed by atoms with Crippen LogP contribution in [0.4, 0.5) is 20.3 Å². The molecule has 5 nitrogen and oxygen atoms in total. The number of nitrogens with one attached hydrogen (secondary N) is 2. The van der Waals surface area contributed by atoms with Crippen molar-refractivity contribution in [3.8, 4) is 0 Å². The van der Waals surface area contributed by atoms with Gasteiger partial charge in [0, 0.05) is 11.9 Å². The summed E-state index contributed by atoms with van der Waals surface area (Å²) >= 11 is 11.2. The van der Waals surface area contributed by atoms with Crippen LogP contribution in [0.2, 0.25) is 10.0 Å². The Morgan fingerprint density at radius 2 is 1.81 bits per heavy atom. The van der Waals surface area contributed by atoms with Crippen LogP contribution < -0.4 is 16.6 Å². The number of hydrazine groups is 1. The second-order valence-corrected chi connectivity index (χ2v) is 4.69. The summed E-state index contributed by atoms with van der Waals surface area (Å²) in [4.78, 5) is 15.6. The molecule has 1 aromatic heterocycles. The molecule has 21 heavy (non-hydrogen) atoms. The van der Waals surface area contributed by atoms with E-state index in [9.17, 15) is 13.6 Å². The van der Waals surface area contributed by atoms with Crippen molar-refractivity contribution in [2.24, 2.45) is 5.84 Å². The third-order valence-corrected chi connectivity index (χ3v) is 3.06. The number of halogens is 4. The first-order valence-corrected chi connectivity index (χ1v) is 6.26. The van der Waals surface area contributed by atoms with Gasteiger partial charge in [0.2, 0.25) is 0 Å². The Balaban J connectivity index is 2.30. The normalized spacial score (nSPS) is 10.3. The van der Waals surface area contributed by atoms with Gasteiger partial charge in [-0.15, -0.1) is 0 Å². The fraction of sp³-hybridized carbons (Fsp3) is 0. The minimum Gasteiger partial charge on any atom is -0.322 e. The number of nitrogens with zero attached hydrogens (tertiary/aromatic N) is 1. The van der Waals surface area contributed by atoms with Gasteiger partial charge in [0.25, 0.3) is 5.91 Å². The highest BCUT2D eigenvalue weighted by Crippen LogP contribution is 2.27. The van der Waals surface area contributed by atoms with Gasteiger partial charge in [-0.3, -0.25) is 4.79 Å². The smallest absolute Gasteiger partial charge is 0.258 e. The molecular formula is C12H8Cl2F2N4O. The van der Waals surface area contributed by atoms with Crippen LogP contribution in [0.25, 0.3) is 0 Å². The monoisotopic (exact) mass is 332 g/mol. The summed E-state index contributed by atoms with van der Waals surface area (Å²) in [5.41, 5.74) is 1.85. The Hall–Kier alpha value is -1.96. The van der Waals surface area contributed by atoms with Crippen molar-refractivity contribution in [2.75, 3.05) is 10.7 Å². The summed E-state index contributed by atoms with van der Waals surface area (Å²) in [6.45, 7) is 0. The molecule has 1 amide bonds. The van der Waals surface area contributed by atoms with Crippen LogP contribution in [0, 0.1) is 11.6 Å². The molecule has 0 saturated carbocycles. The molecule has 0 unspecified atom stereocenters. The minimum atomic E-state index is -0.920. The van der Waals surface area contributed by atoms with Gasteiger partial charge in [-0.2, -0.15) is 0 Å². The van der Waals surface area contributed by atoms with Crippen molar-refractivity contribution in [1.82, 2.24) is 4.98 Å². The zero-order valence-corrected chi connectivity index (χ0v) is 11.8. The zero-order chi connectivity index (χ0) is 15.6. The maximum absolute atomic E-state index is 13.9. The Morgan fingerprint density at radius 1 is 1.19 bits per heavy atom. The summed E-state index contributed by atoms with van der Waals surface area (Å²) in [6, 6.07) is 3.47. The van der Waals surface area contributed by atoms with Crippen LogP contribution in [0.15, 0.2) is 24.4 Å². The summed E-state index contributed by atoms with van der Waals surface area (Å²) in [6.07, 6.45) is 1.21. The molecule has 0 aliphatic rings. The van der Waals surface area contributed by atoms with Crippen LogP contribution >= 0.6 is 23.2 Å². The van der Waals surface area contributed by atoms with Gasteiger partial charge in [0.05, 0.1) is 15.6 Å². The molecule has 9 heteroatoms. The lowest BCUT2D eigenvalue weighted by molar-refractivity contribution is 0.102. The molecule has 0 aliphatic carbocycles. The Bertz CT molecular complexity index is 689. The number of nitrogens with two attached hydrogens (primary N) is 1. The Labute approximate surface area is 128 Å². The lowest BCUT2D eigenvalue weighted by atomic mass is 10.2. The van der Waals surface area contributed by atoms with E-state index in [-0.39, 0.29) is 27.1 Å². The maximum atomic E-state index is 13.9. The molecule has 0 spiro atoms. The SMILES string of the molecule is NNc1nccc(C(=O)Nc2cc(Cl)c(F)c(Cl)c2)c1F. The third kappa shape index (κ3) is 3.21. The first-order chi connectivity index (χ1) is 9.93. The quantitative estimate of drug-likeness (QED) is 0.458. The summed E-state index contributed by atoms with van der Waals surface area (Å²) in [7, 11) is 0. The molecule has 1 aromatic carbocycles. The topological polar surface area (TPSA) is 80.0 Å². The first kappa shape index (κ1) is 15.4. The van der Waals surface area contributed by atoms with E-state index in [2.05, 4.69) is 10.3 Å². The number of hydrogen-bond acceptors (Lipinski definition) is 4. The van der Waals surface area contributed by atoms with Crippen molar-refractivity contribution in [1.29, 1.82) is 0 Å². The van der Waals surface area contributed by atoms with E-state index >= 15 is 0 Å². The van der Waals surface area contributed by atoms with Crippen LogP contribution in [-0.4, -0.2) is 10.9 Å². The molecule has 2 rings (SSSR count). The molecular weight excluding hydrogens is 325 g/mol. The third-order valence-electron chi connectivity index (χ3n) is 2.51. The number of aromatic nitrogens is 1. The van der Waals surface area contributed by atoms with E-state index < -0.39 is 17.5 Å². The molecule has 4 N–H and O–H groups in total. The van der Waals surface area contributed by atoms with E-state index in [1.807, 2.05) is 5.43 Å². The lowest BCUT2D eigenvalue weighted by Crippen LogP contribution is -2.17. The average molecular weight is 333 g/mol. The average Bonchev–Trinajstić information content (AvgIpc) is 2.44. The van der Waals surface area contributed by atoms with Gasteiger partial charge in [-0.25, -0.2) is 19.6 Å². The molecule has 0 fully saturated rings. The summed E-state index contributed by atoms with van der Waals surface area (Å²) in [5, 5.41) is 1.82. The number of hydrogen-bond donors (Lipinski definition) is 3. The van der Waals surface area contributed by atoms with Crippen molar-refractivity contribution in [2.45, 2.75) is 0 Å². The van der Waals surface area contributed by atoms with E-state index in [0.29, 0.717) is 0 Å². The highest BCUT2D eigenvalue weighted by Gasteiger charge is 2.17. The van der Waals surface area contributed by atoms with Crippen LogP contribution in [-0.2, 0) is 0 Å². The molecule has 2 aromatic rings. The van der Waals surface area contributed by atoms with Gasteiger partial charge < -0.3 is 10.7 Å². The first-order valence-electron chi connectivity index (χ1n) is 5.51. The minimum absolute atomic E-state index is 0.120. The van der Waals surface area contributed by atoms with Gasteiger partial charge in [0.1, 0.15) is 0 Å². The highest BCUT2D eigenvalue weighted by molar-refractivity contribution is 6.35. The molecule has 0 saturated heterocycles. The molecule has 0 radical (unpaired) electrons. The predicted octanol–water partition coefficient (Wildman–Crippen LogP) is 3.20. The van der Waals surface area contributed by atoms with Crippen molar-refractivity contribution in [3.63, 3.8) is 0 Å². The van der Waals surface area contributed by atoms with Crippen molar-refractivity contribution < 1.29 is 13.6 Å². The van der Waals surface area contributed by atoms with Crippen molar-refractivity contribution >= 4 is 40.6 Å². The number of pyridine rings is 1. The summed E-state index contributed by atoms with van der Waals surface area (Å²) < 4.78 is 27.1. The number of nitrogen functional groups attached to an aromatic ring is 1. The molecule has 0 atom stereocenters. The molecule has 0 bridgehead atoms. The molecule has 110 valence electrons. The standard InChI is InChI=1S/C12H8Cl2F2N4O/c13-7-3-5(4-8(14)10(7)16)19-12(21)6-1-2-18-11(20-17)9(6)15/h1-4H,17H2,(H,18,20)(H,19,21). The van der Waals surface area contributed by atoms with E-state index in [1.165, 1.54) is 6.20 Å². The van der Waals surface area contributed by atoms with Gasteiger partial charge in [0.15, 0.2) is 17.5 Å². The number of benzene rings is 1. The predicted molar refractivity (Wildman–Crippen MR) is 76.4 cm³/mol. The lowest BCUT2D eigenvalue weighted by Gasteiger charge is -2.09. The number of carbonyl (C=O) groups is 1. The molecule has 0 aliphatic heterocycles. The second kappa shape index (κ2) is 6.21. The van der Waals surface area contributed by atoms with Gasteiger partial charge >= 0.3 is 0 Å². The number of amides is 1. The molecule has 1 heterocycles. The Kier molecular flexibility index (Phi) is 4.56. The van der Waals surface area contributed by atoms with Crippen LogP contribution in [0.5, 0.6) is 0 Å². The fourth-order valence-electron chi connectivity index (χ4n) is 1.55. The van der Waals surface area contributed by atoms with E-state index in [4.69, 9.17) is 29.0 Å². The van der Waals surface area contributed by atoms with Crippen LogP contribution in [0.3, 0.4) is 0 Å². The van der Waals surface area contributed by atoms with Gasteiger partial charge in [-0.1, -0.05) is 23.2 Å². The number of anilines is 2. The van der Waals surface area contributed by atoms with Gasteiger partial charge in [-0.05, 0) is 18.2 Å². The van der Waals surface area contributed by atoms with E-state index in [1.54, 1.807) is 0 Å². The highest BCUT2D eigenvalue weighted by atomic mass is 35.5. The zero-order valence-electron chi connectivity index (χ0n) is 10.3. The number of carbonyl (C=O) groups excluding carboxylic acids is 1. The Morgan fingerprint density at radius 3 is 2.38 bits per heavy atom. The summed E-state index contributed by atoms with van der Waals surface area (Å²) in [5.74, 6) is 2.28. The largest absolute Gasteiger partial charge is 0.322 e. The van der Waals surface area contributed by atoms with Crippen molar-refractivity contribution in [3.05, 3.63) is 51.6 Å².